The second-order valence-electron chi connectivity index (χ2n) is 2.43. The highest BCUT2D eigenvalue weighted by Gasteiger charge is 2.29. The molecule has 1 aliphatic rings. The normalized spacial score (nSPS) is 26.0. The molecule has 1 rings (SSSR count). The molecule has 1 aliphatic heterocycles. The van der Waals surface area contributed by atoms with Crippen molar-refractivity contribution < 1.29 is 9.53 Å². The quantitative estimate of drug-likeness (QED) is 0.554. The van der Waals surface area contributed by atoms with Gasteiger partial charge in [-0.3, -0.25) is 4.79 Å². The molecule has 1 saturated heterocycles. The molecule has 0 aromatic heterocycles. The molecule has 0 aromatic carbocycles. The molecule has 0 saturated carbocycles. The first-order chi connectivity index (χ1) is 4.79. The van der Waals surface area contributed by atoms with E-state index in [-0.39, 0.29) is 12.0 Å². The van der Waals surface area contributed by atoms with Crippen LogP contribution in [0.4, 0.5) is 0 Å². The van der Waals surface area contributed by atoms with Crippen LogP contribution >= 0.6 is 0 Å². The lowest BCUT2D eigenvalue weighted by Gasteiger charge is -2.12. The van der Waals surface area contributed by atoms with E-state index in [9.17, 15) is 4.79 Å². The van der Waals surface area contributed by atoms with Gasteiger partial charge in [0.1, 0.15) is 6.10 Å². The number of ether oxygens (including phenoxy) is 1. The fraction of sp³-hybridized carbons (Fsp3) is 0.857. The minimum absolute atomic E-state index is 0.144. The first-order valence-corrected chi connectivity index (χ1v) is 3.61. The number of carbonyl (C=O) groups excluding carboxylic acids is 1. The zero-order chi connectivity index (χ0) is 7.56. The van der Waals surface area contributed by atoms with Gasteiger partial charge in [-0.1, -0.05) is 0 Å². The summed E-state index contributed by atoms with van der Waals surface area (Å²) in [6.07, 6.45) is 0.684. The maximum Gasteiger partial charge on any atom is 0.251 e. The molecule has 3 heteroatoms. The predicted molar refractivity (Wildman–Crippen MR) is 37.7 cm³/mol. The van der Waals surface area contributed by atoms with E-state index in [1.54, 1.807) is 7.11 Å². The van der Waals surface area contributed by atoms with Crippen molar-refractivity contribution in [2.45, 2.75) is 19.4 Å². The minimum Gasteiger partial charge on any atom is -0.372 e. The van der Waals surface area contributed by atoms with Gasteiger partial charge in [0, 0.05) is 26.6 Å². The molecule has 0 bridgehead atoms. The topological polar surface area (TPSA) is 29.5 Å². The van der Waals surface area contributed by atoms with Crippen molar-refractivity contribution in [3.63, 3.8) is 0 Å². The highest BCUT2D eigenvalue weighted by Crippen LogP contribution is 2.12. The summed E-state index contributed by atoms with van der Waals surface area (Å²) in [5, 5.41) is 0. The van der Waals surface area contributed by atoms with Gasteiger partial charge in [-0.15, -0.1) is 0 Å². The van der Waals surface area contributed by atoms with Crippen molar-refractivity contribution in [3.05, 3.63) is 0 Å². The summed E-state index contributed by atoms with van der Waals surface area (Å²) >= 11 is 0. The number of hydrogen-bond donors (Lipinski definition) is 0. The molecule has 0 spiro atoms. The third kappa shape index (κ3) is 1.14. The Balaban J connectivity index is 2.49. The van der Waals surface area contributed by atoms with Crippen molar-refractivity contribution >= 4 is 5.91 Å². The number of nitrogens with zero attached hydrogens (tertiary/aromatic N) is 1. The molecule has 0 aromatic rings. The van der Waals surface area contributed by atoms with E-state index < -0.39 is 0 Å². The van der Waals surface area contributed by atoms with E-state index in [0.717, 1.165) is 19.5 Å². The van der Waals surface area contributed by atoms with E-state index in [4.69, 9.17) is 4.74 Å². The first-order valence-electron chi connectivity index (χ1n) is 3.61. The maximum absolute atomic E-state index is 11.2. The van der Waals surface area contributed by atoms with E-state index in [1.807, 2.05) is 11.8 Å². The molecule has 3 nitrogen and oxygen atoms in total. The zero-order valence-electron chi connectivity index (χ0n) is 6.46. The Morgan fingerprint density at radius 1 is 1.80 bits per heavy atom. The van der Waals surface area contributed by atoms with Crippen LogP contribution in [-0.2, 0) is 9.53 Å². The summed E-state index contributed by atoms with van der Waals surface area (Å²) in [5.74, 6) is 0.144. The third-order valence-corrected chi connectivity index (χ3v) is 1.91. The third-order valence-electron chi connectivity index (χ3n) is 1.91. The van der Waals surface area contributed by atoms with Gasteiger partial charge in [-0.2, -0.15) is 0 Å². The molecule has 0 N–H and O–H groups in total. The van der Waals surface area contributed by atoms with Gasteiger partial charge in [-0.05, 0) is 6.92 Å². The van der Waals surface area contributed by atoms with Crippen LogP contribution < -0.4 is 0 Å². The fourth-order valence-electron chi connectivity index (χ4n) is 1.24. The van der Waals surface area contributed by atoms with E-state index in [2.05, 4.69) is 0 Å². The Kier molecular flexibility index (Phi) is 2.27. The van der Waals surface area contributed by atoms with Crippen LogP contribution in [0.25, 0.3) is 0 Å². The molecule has 58 valence electrons. The average molecular weight is 143 g/mol. The molecular weight excluding hydrogens is 130 g/mol. The van der Waals surface area contributed by atoms with E-state index in [1.165, 1.54) is 0 Å². The summed E-state index contributed by atoms with van der Waals surface area (Å²) < 4.78 is 4.96. The molecular formula is C7H13NO2. The number of likely N-dealkylation sites (N-methyl/N-ethyl adjacent to an activating group) is 1. The number of amides is 1. The van der Waals surface area contributed by atoms with Crippen LogP contribution in [0.5, 0.6) is 0 Å². The van der Waals surface area contributed by atoms with Gasteiger partial charge in [-0.25, -0.2) is 0 Å². The van der Waals surface area contributed by atoms with Crippen molar-refractivity contribution in [2.75, 3.05) is 20.2 Å². The predicted octanol–water partition coefficient (Wildman–Crippen LogP) is 0.254. The zero-order valence-corrected chi connectivity index (χ0v) is 6.46. The standard InChI is InChI=1S/C7H13NO2/c1-3-8-5-4-6(10-2)7(8)9/h6H,3-5H2,1-2H3. The van der Waals surface area contributed by atoms with E-state index >= 15 is 0 Å². The summed E-state index contributed by atoms with van der Waals surface area (Å²) in [5.41, 5.74) is 0. The lowest BCUT2D eigenvalue weighted by molar-refractivity contribution is -0.135. The minimum atomic E-state index is -0.167. The van der Waals surface area contributed by atoms with Crippen molar-refractivity contribution in [2.24, 2.45) is 0 Å². The highest BCUT2D eigenvalue weighted by atomic mass is 16.5. The number of methoxy groups -OCH3 is 1. The van der Waals surface area contributed by atoms with Crippen molar-refractivity contribution in [1.82, 2.24) is 4.90 Å². The number of rotatable bonds is 2. The molecule has 1 heterocycles. The summed E-state index contributed by atoms with van der Waals surface area (Å²) in [6.45, 7) is 3.64. The van der Waals surface area contributed by atoms with Gasteiger partial charge in [0.05, 0.1) is 0 Å². The Labute approximate surface area is 61.0 Å². The molecule has 10 heavy (non-hydrogen) atoms. The van der Waals surface area contributed by atoms with Crippen LogP contribution in [0.3, 0.4) is 0 Å². The lowest BCUT2D eigenvalue weighted by Crippen LogP contribution is -2.29. The van der Waals surface area contributed by atoms with Crippen LogP contribution in [0, 0.1) is 0 Å². The Morgan fingerprint density at radius 3 is 2.80 bits per heavy atom. The second-order valence-corrected chi connectivity index (χ2v) is 2.43. The second kappa shape index (κ2) is 3.01. The van der Waals surface area contributed by atoms with Crippen LogP contribution in [0.15, 0.2) is 0 Å². The molecule has 1 atom stereocenters. The number of carbonyl (C=O) groups is 1. The molecule has 1 amide bonds. The fourth-order valence-corrected chi connectivity index (χ4v) is 1.24. The van der Waals surface area contributed by atoms with Gasteiger partial charge >= 0.3 is 0 Å². The van der Waals surface area contributed by atoms with Gasteiger partial charge < -0.3 is 9.64 Å². The number of hydrogen-bond acceptors (Lipinski definition) is 2. The molecule has 1 fully saturated rings. The van der Waals surface area contributed by atoms with Gasteiger partial charge in [0.15, 0.2) is 0 Å². The first kappa shape index (κ1) is 7.54. The lowest BCUT2D eigenvalue weighted by atomic mass is 10.3. The summed E-state index contributed by atoms with van der Waals surface area (Å²) in [4.78, 5) is 13.0. The number of likely N-dealkylation sites (tertiary alicyclic amines) is 1. The Bertz CT molecular complexity index is 122. The van der Waals surface area contributed by atoms with Crippen LogP contribution in [0.1, 0.15) is 13.3 Å². The van der Waals surface area contributed by atoms with Crippen molar-refractivity contribution in [1.29, 1.82) is 0 Å². The summed E-state index contributed by atoms with van der Waals surface area (Å²) in [7, 11) is 1.59. The van der Waals surface area contributed by atoms with E-state index in [0.29, 0.717) is 0 Å². The van der Waals surface area contributed by atoms with Gasteiger partial charge in [0.25, 0.3) is 5.91 Å². The largest absolute Gasteiger partial charge is 0.372 e. The van der Waals surface area contributed by atoms with Crippen LogP contribution in [0.2, 0.25) is 0 Å². The highest BCUT2D eigenvalue weighted by molar-refractivity contribution is 5.82. The Hall–Kier alpha value is -0.570. The Morgan fingerprint density at radius 2 is 2.50 bits per heavy atom. The van der Waals surface area contributed by atoms with Crippen LogP contribution in [-0.4, -0.2) is 37.1 Å². The smallest absolute Gasteiger partial charge is 0.251 e. The molecule has 0 radical (unpaired) electrons. The summed E-state index contributed by atoms with van der Waals surface area (Å²) in [6, 6.07) is 0. The SMILES string of the molecule is CCN1CCC(OC)C1=O. The maximum atomic E-state index is 11.2. The monoisotopic (exact) mass is 143 g/mol. The average Bonchev–Trinajstić information content (AvgIpc) is 2.30. The van der Waals surface area contributed by atoms with Gasteiger partial charge in [0.2, 0.25) is 0 Å². The molecule has 0 aliphatic carbocycles. The van der Waals surface area contributed by atoms with Crippen molar-refractivity contribution in [3.8, 4) is 0 Å². The molecule has 1 unspecified atom stereocenters.